The highest BCUT2D eigenvalue weighted by Gasteiger charge is 2.37. The molecule has 3 fully saturated rings. The predicted octanol–water partition coefficient (Wildman–Crippen LogP) is 3.50. The topological polar surface area (TPSA) is 36.4 Å². The first-order chi connectivity index (χ1) is 12.1. The minimum absolute atomic E-state index is 0.206. The molecule has 1 amide bonds. The fourth-order valence-electron chi connectivity index (χ4n) is 4.37. The quantitative estimate of drug-likeness (QED) is 0.845. The molecule has 25 heavy (non-hydrogen) atoms. The number of carbonyl (C=O) groups is 1. The first-order valence-corrected chi connectivity index (χ1v) is 10.0. The predicted molar refractivity (Wildman–Crippen MR) is 101 cm³/mol. The van der Waals surface area contributed by atoms with Crippen LogP contribution in [0.3, 0.4) is 0 Å². The van der Waals surface area contributed by atoms with Crippen LogP contribution in [-0.4, -0.2) is 46.4 Å². The van der Waals surface area contributed by atoms with Crippen molar-refractivity contribution < 1.29 is 4.79 Å². The lowest BCUT2D eigenvalue weighted by atomic mass is 9.94. The molecule has 2 aromatic rings. The van der Waals surface area contributed by atoms with Crippen molar-refractivity contribution in [1.29, 1.82) is 0 Å². The highest BCUT2D eigenvalue weighted by Crippen LogP contribution is 2.30. The fourth-order valence-corrected chi connectivity index (χ4v) is 4.92. The molecule has 2 bridgehead atoms. The van der Waals surface area contributed by atoms with Gasteiger partial charge in [-0.2, -0.15) is 0 Å². The van der Waals surface area contributed by atoms with Gasteiger partial charge in [0.25, 0.3) is 5.91 Å². The van der Waals surface area contributed by atoms with Gasteiger partial charge < -0.3 is 4.90 Å². The summed E-state index contributed by atoms with van der Waals surface area (Å²) in [7, 11) is 0. The van der Waals surface area contributed by atoms with Gasteiger partial charge in [-0.05, 0) is 44.7 Å². The summed E-state index contributed by atoms with van der Waals surface area (Å²) < 4.78 is 0. The Morgan fingerprint density at radius 1 is 1.16 bits per heavy atom. The third kappa shape index (κ3) is 3.62. The molecular weight excluding hydrogens is 330 g/mol. The van der Waals surface area contributed by atoms with Gasteiger partial charge in [0.15, 0.2) is 0 Å². The van der Waals surface area contributed by atoms with Crippen LogP contribution in [0.25, 0.3) is 0 Å². The summed E-state index contributed by atoms with van der Waals surface area (Å²) in [6, 6.07) is 6.51. The monoisotopic (exact) mass is 355 g/mol. The Labute approximate surface area is 153 Å². The zero-order valence-corrected chi connectivity index (χ0v) is 15.8. The summed E-state index contributed by atoms with van der Waals surface area (Å²) in [5, 5.41) is 2.13. The number of benzene rings is 1. The number of rotatable bonds is 3. The molecule has 5 rings (SSSR count). The SMILES string of the molecule is Cc1cc(C)cc(C(=O)N2C[C@H]3CC[C@@H]2CN(Cc2cscn2)C3)c1. The third-order valence-corrected chi connectivity index (χ3v) is 6.02. The van der Waals surface area contributed by atoms with E-state index in [1.807, 2.05) is 17.6 Å². The molecular formula is C20H25N3OS. The average Bonchev–Trinajstić information content (AvgIpc) is 2.92. The van der Waals surface area contributed by atoms with Gasteiger partial charge in [0.1, 0.15) is 0 Å². The largest absolute Gasteiger partial charge is 0.334 e. The summed E-state index contributed by atoms with van der Waals surface area (Å²) in [5.41, 5.74) is 6.22. The van der Waals surface area contributed by atoms with Gasteiger partial charge in [-0.15, -0.1) is 11.3 Å². The van der Waals surface area contributed by atoms with Crippen LogP contribution in [0.4, 0.5) is 0 Å². The van der Waals surface area contributed by atoms with E-state index in [2.05, 4.69) is 40.1 Å². The first-order valence-electron chi connectivity index (χ1n) is 9.07. The van der Waals surface area contributed by atoms with E-state index in [1.165, 1.54) is 6.42 Å². The van der Waals surface area contributed by atoms with Crippen LogP contribution in [-0.2, 0) is 6.54 Å². The van der Waals surface area contributed by atoms with E-state index in [9.17, 15) is 4.79 Å². The van der Waals surface area contributed by atoms with Crippen molar-refractivity contribution in [3.8, 4) is 0 Å². The molecule has 1 aromatic heterocycles. The normalized spacial score (nSPS) is 23.7. The minimum Gasteiger partial charge on any atom is -0.334 e. The number of carbonyl (C=O) groups excluding carboxylic acids is 1. The van der Waals surface area contributed by atoms with Gasteiger partial charge in [-0.1, -0.05) is 17.2 Å². The van der Waals surface area contributed by atoms with E-state index in [0.717, 1.165) is 55.0 Å². The van der Waals surface area contributed by atoms with Crippen molar-refractivity contribution in [2.45, 2.75) is 39.3 Å². The van der Waals surface area contributed by atoms with E-state index in [0.29, 0.717) is 12.0 Å². The Hall–Kier alpha value is -1.72. The summed E-state index contributed by atoms with van der Waals surface area (Å²) in [4.78, 5) is 22.2. The maximum atomic E-state index is 13.2. The van der Waals surface area contributed by atoms with Gasteiger partial charge in [0.2, 0.25) is 0 Å². The fraction of sp³-hybridized carbons (Fsp3) is 0.500. The van der Waals surface area contributed by atoms with E-state index in [-0.39, 0.29) is 5.91 Å². The molecule has 4 heterocycles. The van der Waals surface area contributed by atoms with Gasteiger partial charge in [0, 0.05) is 43.2 Å². The Morgan fingerprint density at radius 2 is 1.96 bits per heavy atom. The van der Waals surface area contributed by atoms with Crippen LogP contribution in [0.15, 0.2) is 29.1 Å². The van der Waals surface area contributed by atoms with Crippen LogP contribution in [0.1, 0.15) is 40.0 Å². The second kappa shape index (κ2) is 6.89. The van der Waals surface area contributed by atoms with Crippen molar-refractivity contribution in [1.82, 2.24) is 14.8 Å². The molecule has 4 nitrogen and oxygen atoms in total. The van der Waals surface area contributed by atoms with Crippen molar-refractivity contribution in [3.05, 3.63) is 51.5 Å². The van der Waals surface area contributed by atoms with Crippen molar-refractivity contribution in [3.63, 3.8) is 0 Å². The molecule has 0 N–H and O–H groups in total. The van der Waals surface area contributed by atoms with Gasteiger partial charge >= 0.3 is 0 Å². The van der Waals surface area contributed by atoms with Crippen molar-refractivity contribution in [2.24, 2.45) is 5.92 Å². The Bertz CT molecular complexity index is 738. The van der Waals surface area contributed by atoms with Crippen molar-refractivity contribution in [2.75, 3.05) is 19.6 Å². The number of aromatic nitrogens is 1. The first kappa shape index (κ1) is 16.7. The molecule has 0 spiro atoms. The maximum Gasteiger partial charge on any atom is 0.254 e. The zero-order valence-electron chi connectivity index (χ0n) is 14.9. The Kier molecular flexibility index (Phi) is 4.61. The van der Waals surface area contributed by atoms with Crippen LogP contribution in [0.2, 0.25) is 0 Å². The van der Waals surface area contributed by atoms with E-state index >= 15 is 0 Å². The molecule has 0 unspecified atom stereocenters. The second-order valence-electron chi connectivity index (χ2n) is 7.60. The number of hydrogen-bond acceptors (Lipinski definition) is 4. The number of aryl methyl sites for hydroxylation is 2. The summed E-state index contributed by atoms with van der Waals surface area (Å²) in [6.45, 7) is 7.96. The Balaban J connectivity index is 1.52. The molecule has 5 heteroatoms. The molecule has 2 atom stereocenters. The van der Waals surface area contributed by atoms with Gasteiger partial charge in [-0.25, -0.2) is 4.98 Å². The second-order valence-corrected chi connectivity index (χ2v) is 8.32. The molecule has 0 radical (unpaired) electrons. The average molecular weight is 356 g/mol. The molecule has 0 aliphatic carbocycles. The lowest BCUT2D eigenvalue weighted by Crippen LogP contribution is -2.47. The van der Waals surface area contributed by atoms with Crippen LogP contribution >= 0.6 is 11.3 Å². The number of piperidine rings is 1. The molecule has 1 aromatic carbocycles. The summed E-state index contributed by atoms with van der Waals surface area (Å²) >= 11 is 1.65. The van der Waals surface area contributed by atoms with Crippen LogP contribution in [0.5, 0.6) is 0 Å². The number of amides is 1. The van der Waals surface area contributed by atoms with Crippen LogP contribution in [0, 0.1) is 19.8 Å². The molecule has 3 saturated heterocycles. The number of nitrogens with zero attached hydrogens (tertiary/aromatic N) is 3. The number of fused-ring (bicyclic) bond motifs is 4. The molecule has 0 saturated carbocycles. The van der Waals surface area contributed by atoms with E-state index in [4.69, 9.17) is 0 Å². The standard InChI is InChI=1S/C20H25N3OS/c1-14-5-15(2)7-17(6-14)20(24)23-9-16-3-4-19(23)11-22(8-16)10-18-12-25-13-21-18/h5-7,12-13,16,19H,3-4,8-11H2,1-2H3/t16-,19+/m0/s1. The molecule has 3 aliphatic heterocycles. The summed E-state index contributed by atoms with van der Waals surface area (Å²) in [5.74, 6) is 0.782. The number of thiazole rings is 1. The molecule has 132 valence electrons. The third-order valence-electron chi connectivity index (χ3n) is 5.39. The highest BCUT2D eigenvalue weighted by atomic mass is 32.1. The molecule has 3 aliphatic rings. The highest BCUT2D eigenvalue weighted by molar-refractivity contribution is 7.07. The minimum atomic E-state index is 0.206. The number of hydrogen-bond donors (Lipinski definition) is 0. The van der Waals surface area contributed by atoms with Crippen molar-refractivity contribution >= 4 is 17.2 Å². The van der Waals surface area contributed by atoms with E-state index < -0.39 is 0 Å². The lowest BCUT2D eigenvalue weighted by Gasteiger charge is -2.36. The van der Waals surface area contributed by atoms with Crippen LogP contribution < -0.4 is 0 Å². The Morgan fingerprint density at radius 3 is 2.68 bits per heavy atom. The van der Waals surface area contributed by atoms with E-state index in [1.54, 1.807) is 11.3 Å². The smallest absolute Gasteiger partial charge is 0.254 e. The summed E-state index contributed by atoms with van der Waals surface area (Å²) in [6.07, 6.45) is 2.35. The van der Waals surface area contributed by atoms with Gasteiger partial charge in [0.05, 0.1) is 11.2 Å². The van der Waals surface area contributed by atoms with Gasteiger partial charge in [-0.3, -0.25) is 9.69 Å². The lowest BCUT2D eigenvalue weighted by molar-refractivity contribution is 0.0584. The maximum absolute atomic E-state index is 13.2. The zero-order chi connectivity index (χ0) is 17.4.